The molecule has 0 aromatic heterocycles. The average molecular weight is 411 g/mol. The minimum Gasteiger partial charge on any atom is -0.378 e. The van der Waals surface area contributed by atoms with Crippen molar-refractivity contribution in [3.63, 3.8) is 0 Å². The third-order valence-electron chi connectivity index (χ3n) is 3.56. The van der Waals surface area contributed by atoms with Crippen molar-refractivity contribution in [2.45, 2.75) is 16.9 Å². The van der Waals surface area contributed by atoms with E-state index >= 15 is 0 Å². The number of rotatable bonds is 3. The molecule has 2 N–H and O–H groups in total. The van der Waals surface area contributed by atoms with Crippen LogP contribution in [0.3, 0.4) is 0 Å². The number of hydrogen-bond donors (Lipinski definition) is 2. The minimum absolute atomic E-state index is 0.346. The van der Waals surface area contributed by atoms with Gasteiger partial charge in [0, 0.05) is 18.7 Å². The van der Waals surface area contributed by atoms with Crippen molar-refractivity contribution < 1.29 is 9.53 Å². The summed E-state index contributed by atoms with van der Waals surface area (Å²) < 4.78 is 3.51. The number of hydrogen-bond acceptors (Lipinski definition) is 3. The molecule has 1 saturated heterocycles. The van der Waals surface area contributed by atoms with Crippen molar-refractivity contribution in [2.75, 3.05) is 26.3 Å². The molecule has 1 amide bonds. The summed E-state index contributed by atoms with van der Waals surface area (Å²) in [4.78, 5) is 14.4. The second kappa shape index (κ2) is 8.54. The summed E-state index contributed by atoms with van der Waals surface area (Å²) in [6.07, 6.45) is -0.968. The van der Waals surface area contributed by atoms with Gasteiger partial charge in [-0.15, -0.1) is 0 Å². The van der Waals surface area contributed by atoms with Gasteiger partial charge in [0.05, 0.1) is 13.2 Å². The van der Waals surface area contributed by atoms with Crippen molar-refractivity contribution in [1.29, 1.82) is 0 Å². The number of amides is 1. The van der Waals surface area contributed by atoms with E-state index in [1.165, 1.54) is 0 Å². The van der Waals surface area contributed by atoms with Crippen LogP contribution in [-0.4, -0.2) is 52.2 Å². The number of morpholine rings is 1. The van der Waals surface area contributed by atoms with Gasteiger partial charge in [-0.25, -0.2) is 0 Å². The Bertz CT molecular complexity index is 604. The lowest BCUT2D eigenvalue weighted by atomic mass is 10.1. The maximum Gasteiger partial charge on any atom is 0.253 e. The van der Waals surface area contributed by atoms with E-state index in [2.05, 4.69) is 10.6 Å². The van der Waals surface area contributed by atoms with Gasteiger partial charge in [0.15, 0.2) is 5.11 Å². The maximum absolute atomic E-state index is 12.5. The fourth-order valence-corrected chi connectivity index (χ4v) is 2.85. The van der Waals surface area contributed by atoms with Crippen LogP contribution >= 0.6 is 47.0 Å². The zero-order valence-corrected chi connectivity index (χ0v) is 16.1. The lowest BCUT2D eigenvalue weighted by Crippen LogP contribution is -2.59. The lowest BCUT2D eigenvalue weighted by Gasteiger charge is -2.34. The van der Waals surface area contributed by atoms with Gasteiger partial charge in [0.2, 0.25) is 3.79 Å². The third kappa shape index (κ3) is 5.36. The standard InChI is InChI=1S/C15H18Cl3N3O2S/c1-10-4-2-3-5-11(10)12(22)19-13(15(16,17)18)20-14(24)21-6-8-23-9-7-21/h2-5,13H,6-9H2,1H3,(H,19,22)(H,20,24). The number of carbonyl (C=O) groups excluding carboxylic acids is 1. The highest BCUT2D eigenvalue weighted by Gasteiger charge is 2.35. The Kier molecular flexibility index (Phi) is 6.95. The van der Waals surface area contributed by atoms with Crippen LogP contribution in [-0.2, 0) is 4.74 Å². The summed E-state index contributed by atoms with van der Waals surface area (Å²) in [6, 6.07) is 7.17. The predicted molar refractivity (Wildman–Crippen MR) is 101 cm³/mol. The van der Waals surface area contributed by atoms with E-state index in [0.717, 1.165) is 5.56 Å². The molecular formula is C15H18Cl3N3O2S. The van der Waals surface area contributed by atoms with Crippen LogP contribution in [0.2, 0.25) is 0 Å². The molecule has 0 saturated carbocycles. The minimum atomic E-state index is -1.77. The number of benzene rings is 1. The summed E-state index contributed by atoms with van der Waals surface area (Å²) in [5.41, 5.74) is 1.34. The molecule has 5 nitrogen and oxygen atoms in total. The molecule has 1 fully saturated rings. The van der Waals surface area contributed by atoms with Gasteiger partial charge >= 0.3 is 0 Å². The van der Waals surface area contributed by atoms with Gasteiger partial charge < -0.3 is 20.3 Å². The quantitative estimate of drug-likeness (QED) is 0.456. The molecule has 0 radical (unpaired) electrons. The molecular weight excluding hydrogens is 393 g/mol. The van der Waals surface area contributed by atoms with E-state index in [9.17, 15) is 4.79 Å². The summed E-state index contributed by atoms with van der Waals surface area (Å²) in [5.74, 6) is -0.346. The van der Waals surface area contributed by atoms with E-state index in [1.54, 1.807) is 12.1 Å². The van der Waals surface area contributed by atoms with Gasteiger partial charge in [0.1, 0.15) is 6.17 Å². The van der Waals surface area contributed by atoms with Gasteiger partial charge in [-0.3, -0.25) is 4.79 Å². The van der Waals surface area contributed by atoms with Crippen molar-refractivity contribution in [3.05, 3.63) is 35.4 Å². The van der Waals surface area contributed by atoms with Crippen LogP contribution in [0.1, 0.15) is 15.9 Å². The molecule has 0 spiro atoms. The van der Waals surface area contributed by atoms with Crippen LogP contribution in [0.25, 0.3) is 0 Å². The van der Waals surface area contributed by atoms with Gasteiger partial charge in [-0.2, -0.15) is 0 Å². The molecule has 1 unspecified atom stereocenters. The highest BCUT2D eigenvalue weighted by atomic mass is 35.6. The van der Waals surface area contributed by atoms with Gasteiger partial charge in [-0.1, -0.05) is 53.0 Å². The molecule has 1 aliphatic heterocycles. The van der Waals surface area contributed by atoms with Crippen LogP contribution in [0.15, 0.2) is 24.3 Å². The zero-order valence-electron chi connectivity index (χ0n) is 13.0. The summed E-state index contributed by atoms with van der Waals surface area (Å²) >= 11 is 23.4. The Morgan fingerprint density at radius 2 is 1.88 bits per heavy atom. The number of thiocarbonyl (C=S) groups is 1. The van der Waals surface area contributed by atoms with Crippen LogP contribution in [0.5, 0.6) is 0 Å². The molecule has 0 bridgehead atoms. The van der Waals surface area contributed by atoms with E-state index in [4.69, 9.17) is 51.8 Å². The largest absolute Gasteiger partial charge is 0.378 e. The van der Waals surface area contributed by atoms with Crippen molar-refractivity contribution in [1.82, 2.24) is 15.5 Å². The SMILES string of the molecule is Cc1ccccc1C(=O)NC(NC(=S)N1CCOCC1)C(Cl)(Cl)Cl. The molecule has 1 heterocycles. The lowest BCUT2D eigenvalue weighted by molar-refractivity contribution is 0.0671. The fraction of sp³-hybridized carbons (Fsp3) is 0.467. The molecule has 1 atom stereocenters. The fourth-order valence-electron chi connectivity index (χ4n) is 2.22. The Morgan fingerprint density at radius 3 is 2.46 bits per heavy atom. The number of nitrogens with one attached hydrogen (secondary N) is 2. The van der Waals surface area contributed by atoms with E-state index in [-0.39, 0.29) is 5.91 Å². The molecule has 9 heteroatoms. The van der Waals surface area contributed by atoms with Gasteiger partial charge in [0.25, 0.3) is 5.91 Å². The van der Waals surface area contributed by atoms with Crippen molar-refractivity contribution >= 4 is 58.0 Å². The normalized spacial score (nSPS) is 16.4. The molecule has 1 aromatic carbocycles. The van der Waals surface area contributed by atoms with E-state index < -0.39 is 9.96 Å². The smallest absolute Gasteiger partial charge is 0.253 e. The first-order valence-corrected chi connectivity index (χ1v) is 8.89. The first-order valence-electron chi connectivity index (χ1n) is 7.35. The molecule has 132 valence electrons. The number of carbonyl (C=O) groups is 1. The third-order valence-corrected chi connectivity index (χ3v) is 4.59. The Morgan fingerprint density at radius 1 is 1.25 bits per heavy atom. The molecule has 24 heavy (non-hydrogen) atoms. The first-order chi connectivity index (χ1) is 11.3. The van der Waals surface area contributed by atoms with Gasteiger partial charge in [-0.05, 0) is 30.8 Å². The topological polar surface area (TPSA) is 53.6 Å². The average Bonchev–Trinajstić information content (AvgIpc) is 2.54. The van der Waals surface area contributed by atoms with Crippen molar-refractivity contribution in [2.24, 2.45) is 0 Å². The first kappa shape index (κ1) is 19.5. The van der Waals surface area contributed by atoms with Crippen LogP contribution < -0.4 is 10.6 Å². The predicted octanol–water partition coefficient (Wildman–Crippen LogP) is 2.63. The van der Waals surface area contributed by atoms with E-state index in [0.29, 0.717) is 37.0 Å². The molecule has 1 aliphatic rings. The molecule has 2 rings (SSSR count). The van der Waals surface area contributed by atoms with E-state index in [1.807, 2.05) is 24.0 Å². The second-order valence-corrected chi connectivity index (χ2v) is 8.07. The van der Waals surface area contributed by atoms with Crippen LogP contribution in [0.4, 0.5) is 0 Å². The number of aryl methyl sites for hydroxylation is 1. The molecule has 0 aliphatic carbocycles. The highest BCUT2D eigenvalue weighted by Crippen LogP contribution is 2.29. The Hall–Kier alpha value is -0.790. The monoisotopic (exact) mass is 409 g/mol. The number of halogens is 3. The summed E-state index contributed by atoms with van der Waals surface area (Å²) in [7, 11) is 0. The number of alkyl halides is 3. The second-order valence-electron chi connectivity index (χ2n) is 5.31. The summed E-state index contributed by atoms with van der Waals surface area (Å²) in [6.45, 7) is 4.28. The Labute approximate surface area is 161 Å². The number of nitrogens with zero attached hydrogens (tertiary/aromatic N) is 1. The highest BCUT2D eigenvalue weighted by molar-refractivity contribution is 7.80. The Balaban J connectivity index is 2.07. The van der Waals surface area contributed by atoms with Crippen LogP contribution in [0, 0.1) is 6.92 Å². The van der Waals surface area contributed by atoms with Crippen molar-refractivity contribution in [3.8, 4) is 0 Å². The maximum atomic E-state index is 12.5. The summed E-state index contributed by atoms with van der Waals surface area (Å²) in [5, 5.41) is 6.02. The number of ether oxygens (including phenoxy) is 1. The zero-order chi connectivity index (χ0) is 17.7. The molecule has 1 aromatic rings.